The second-order valence-electron chi connectivity index (χ2n) is 8.31. The highest BCUT2D eigenvalue weighted by Gasteiger charge is 2.17. The number of rotatable bonds is 8. The van der Waals surface area contributed by atoms with Crippen molar-refractivity contribution < 1.29 is 31.1 Å². The van der Waals surface area contributed by atoms with Gasteiger partial charge in [0.25, 0.3) is 0 Å². The third-order valence-electron chi connectivity index (χ3n) is 5.87. The molecule has 0 saturated heterocycles. The van der Waals surface area contributed by atoms with Crippen molar-refractivity contribution in [2.24, 2.45) is 0 Å². The molecule has 0 aromatic heterocycles. The molecule has 0 N–H and O–H groups in total. The maximum Gasteiger partial charge on any atom is 0.387 e. The van der Waals surface area contributed by atoms with Crippen LogP contribution in [0.25, 0.3) is 21.9 Å². The first-order chi connectivity index (χ1) is 16.8. The zero-order valence-electron chi connectivity index (χ0n) is 18.9. The molecular weight excluding hydrogens is 466 g/mol. The molecule has 1 nitrogen and oxygen atoms in total. The maximum absolute atomic E-state index is 15.2. The van der Waals surface area contributed by atoms with Crippen molar-refractivity contribution in [3.8, 4) is 16.9 Å². The molecule has 4 aromatic carbocycles. The van der Waals surface area contributed by atoms with Crippen LogP contribution in [0.3, 0.4) is 0 Å². The number of hydrogen-bond acceptors (Lipinski definition) is 1. The molecule has 0 aliphatic heterocycles. The molecule has 4 aromatic rings. The van der Waals surface area contributed by atoms with Crippen molar-refractivity contribution in [1.82, 2.24) is 0 Å². The number of hydrogen-bond donors (Lipinski definition) is 0. The Morgan fingerprint density at radius 3 is 2.09 bits per heavy atom. The van der Waals surface area contributed by atoms with Crippen LogP contribution < -0.4 is 4.74 Å². The number of halogens is 6. The summed E-state index contributed by atoms with van der Waals surface area (Å²) in [6.45, 7) is -1.33. The maximum atomic E-state index is 15.2. The van der Waals surface area contributed by atoms with Crippen molar-refractivity contribution in [3.05, 3.63) is 101 Å². The van der Waals surface area contributed by atoms with E-state index >= 15 is 4.39 Å². The van der Waals surface area contributed by atoms with Gasteiger partial charge in [-0.3, -0.25) is 0 Å². The van der Waals surface area contributed by atoms with E-state index in [0.29, 0.717) is 27.5 Å². The standard InChI is InChI=1S/C28H22F6O/c1-2-3-16-5-10-21(23(29)12-16)19-9-11-22-20(15-19)8-7-18(26(22)32)6-4-17-13-24(30)27(25(31)14-17)35-28(33)34/h5,7-15,28H,2-4,6H2,1H3. The fourth-order valence-corrected chi connectivity index (χ4v) is 4.17. The second kappa shape index (κ2) is 10.4. The molecule has 35 heavy (non-hydrogen) atoms. The summed E-state index contributed by atoms with van der Waals surface area (Å²) in [5.41, 5.74) is 2.48. The van der Waals surface area contributed by atoms with E-state index in [1.54, 1.807) is 36.4 Å². The van der Waals surface area contributed by atoms with E-state index in [-0.39, 0.29) is 24.2 Å². The average Bonchev–Trinajstić information content (AvgIpc) is 2.81. The molecule has 0 fully saturated rings. The van der Waals surface area contributed by atoms with Gasteiger partial charge in [-0.05, 0) is 71.2 Å². The van der Waals surface area contributed by atoms with Gasteiger partial charge in [-0.15, -0.1) is 0 Å². The van der Waals surface area contributed by atoms with Crippen LogP contribution in [-0.4, -0.2) is 6.61 Å². The van der Waals surface area contributed by atoms with Gasteiger partial charge < -0.3 is 4.74 Å². The lowest BCUT2D eigenvalue weighted by Crippen LogP contribution is -2.06. The minimum Gasteiger partial charge on any atom is -0.429 e. The molecule has 0 unspecified atom stereocenters. The van der Waals surface area contributed by atoms with Gasteiger partial charge in [0.2, 0.25) is 0 Å². The van der Waals surface area contributed by atoms with Gasteiger partial charge in [0.15, 0.2) is 17.4 Å². The number of fused-ring (bicyclic) bond motifs is 1. The van der Waals surface area contributed by atoms with Gasteiger partial charge in [0, 0.05) is 10.9 Å². The summed E-state index contributed by atoms with van der Waals surface area (Å²) >= 11 is 0. The van der Waals surface area contributed by atoms with Crippen LogP contribution in [0.2, 0.25) is 0 Å². The van der Waals surface area contributed by atoms with Gasteiger partial charge in [-0.2, -0.15) is 8.78 Å². The van der Waals surface area contributed by atoms with Crippen molar-refractivity contribution in [2.75, 3.05) is 0 Å². The molecular formula is C28H22F6O. The fraction of sp³-hybridized carbons (Fsp3) is 0.214. The third kappa shape index (κ3) is 5.45. The first kappa shape index (κ1) is 24.6. The van der Waals surface area contributed by atoms with E-state index in [2.05, 4.69) is 4.74 Å². The van der Waals surface area contributed by atoms with E-state index in [0.717, 1.165) is 30.5 Å². The van der Waals surface area contributed by atoms with E-state index in [4.69, 9.17) is 0 Å². The largest absolute Gasteiger partial charge is 0.429 e. The predicted octanol–water partition coefficient (Wildman–Crippen LogP) is 8.40. The lowest BCUT2D eigenvalue weighted by atomic mass is 9.96. The summed E-state index contributed by atoms with van der Waals surface area (Å²) in [4.78, 5) is 0. The van der Waals surface area contributed by atoms with E-state index in [1.165, 1.54) is 6.07 Å². The van der Waals surface area contributed by atoms with Crippen LogP contribution in [0.4, 0.5) is 26.3 Å². The summed E-state index contributed by atoms with van der Waals surface area (Å²) in [5.74, 6) is -4.46. The Labute approximate surface area is 199 Å². The van der Waals surface area contributed by atoms with Crippen molar-refractivity contribution in [3.63, 3.8) is 0 Å². The summed E-state index contributed by atoms with van der Waals surface area (Å²) < 4.78 is 86.1. The lowest BCUT2D eigenvalue weighted by molar-refractivity contribution is -0.0546. The van der Waals surface area contributed by atoms with Crippen molar-refractivity contribution in [1.29, 1.82) is 0 Å². The van der Waals surface area contributed by atoms with Gasteiger partial charge in [0.05, 0.1) is 0 Å². The molecule has 0 radical (unpaired) electrons. The molecule has 0 atom stereocenters. The molecule has 0 aliphatic carbocycles. The Bertz CT molecular complexity index is 1340. The van der Waals surface area contributed by atoms with Crippen LogP contribution in [0, 0.1) is 23.3 Å². The molecule has 0 aliphatic rings. The van der Waals surface area contributed by atoms with Crippen molar-refractivity contribution >= 4 is 10.8 Å². The zero-order chi connectivity index (χ0) is 25.1. The van der Waals surface area contributed by atoms with E-state index in [1.807, 2.05) is 13.0 Å². The SMILES string of the molecule is CCCc1ccc(-c2ccc3c(F)c(CCc4cc(F)c(OC(F)F)c(F)c4)ccc3c2)c(F)c1. The number of benzene rings is 4. The van der Waals surface area contributed by atoms with E-state index in [9.17, 15) is 22.0 Å². The molecule has 182 valence electrons. The molecule has 0 spiro atoms. The lowest BCUT2D eigenvalue weighted by Gasteiger charge is -2.11. The Morgan fingerprint density at radius 2 is 1.43 bits per heavy atom. The predicted molar refractivity (Wildman–Crippen MR) is 124 cm³/mol. The Hall–Kier alpha value is -3.48. The van der Waals surface area contributed by atoms with Crippen LogP contribution in [-0.2, 0) is 19.3 Å². The molecule has 0 heterocycles. The Kier molecular flexibility index (Phi) is 7.34. The first-order valence-electron chi connectivity index (χ1n) is 11.2. The first-order valence-corrected chi connectivity index (χ1v) is 11.2. The fourth-order valence-electron chi connectivity index (χ4n) is 4.17. The molecule has 7 heteroatoms. The number of aryl methyl sites for hydroxylation is 3. The minimum absolute atomic E-state index is 0.0820. The van der Waals surface area contributed by atoms with Crippen LogP contribution in [0.15, 0.2) is 60.7 Å². The third-order valence-corrected chi connectivity index (χ3v) is 5.87. The van der Waals surface area contributed by atoms with Crippen LogP contribution in [0.5, 0.6) is 5.75 Å². The highest BCUT2D eigenvalue weighted by molar-refractivity contribution is 5.88. The summed E-state index contributed by atoms with van der Waals surface area (Å²) in [6.07, 6.45) is 1.91. The normalized spacial score (nSPS) is 11.4. The molecule has 4 rings (SSSR count). The average molecular weight is 488 g/mol. The van der Waals surface area contributed by atoms with Gasteiger partial charge in [0.1, 0.15) is 11.6 Å². The minimum atomic E-state index is -3.35. The van der Waals surface area contributed by atoms with Gasteiger partial charge >= 0.3 is 6.61 Å². The summed E-state index contributed by atoms with van der Waals surface area (Å²) in [6, 6.07) is 15.1. The summed E-state index contributed by atoms with van der Waals surface area (Å²) in [5, 5.41) is 0.929. The zero-order valence-corrected chi connectivity index (χ0v) is 18.9. The molecule has 0 saturated carbocycles. The Balaban J connectivity index is 1.56. The smallest absolute Gasteiger partial charge is 0.387 e. The van der Waals surface area contributed by atoms with Gasteiger partial charge in [-0.25, -0.2) is 17.6 Å². The number of alkyl halides is 2. The highest BCUT2D eigenvalue weighted by atomic mass is 19.3. The Morgan fingerprint density at radius 1 is 0.714 bits per heavy atom. The molecule has 0 bridgehead atoms. The van der Waals surface area contributed by atoms with Crippen LogP contribution >= 0.6 is 0 Å². The highest BCUT2D eigenvalue weighted by Crippen LogP contribution is 2.31. The van der Waals surface area contributed by atoms with Crippen LogP contribution in [0.1, 0.15) is 30.0 Å². The van der Waals surface area contributed by atoms with Gasteiger partial charge in [-0.1, -0.05) is 49.7 Å². The molecule has 0 amide bonds. The topological polar surface area (TPSA) is 9.23 Å². The second-order valence-corrected chi connectivity index (χ2v) is 8.31. The monoisotopic (exact) mass is 488 g/mol. The summed E-state index contributed by atoms with van der Waals surface area (Å²) in [7, 11) is 0. The van der Waals surface area contributed by atoms with E-state index < -0.39 is 29.8 Å². The quantitative estimate of drug-likeness (QED) is 0.226. The number of ether oxygens (including phenoxy) is 1. The van der Waals surface area contributed by atoms with Crippen molar-refractivity contribution in [2.45, 2.75) is 39.2 Å².